The lowest BCUT2D eigenvalue weighted by atomic mass is 9.84. The second-order valence-electron chi connectivity index (χ2n) is 5.71. The van der Waals surface area contributed by atoms with Gasteiger partial charge in [-0.1, -0.05) is 30.3 Å². The molecule has 0 radical (unpaired) electrons. The predicted octanol–water partition coefficient (Wildman–Crippen LogP) is 0.382. The lowest BCUT2D eigenvalue weighted by Gasteiger charge is -2.44. The van der Waals surface area contributed by atoms with Crippen LogP contribution in [0.3, 0.4) is 0 Å². The first kappa shape index (κ1) is 18.8. The summed E-state index contributed by atoms with van der Waals surface area (Å²) >= 11 is 0. The minimum atomic E-state index is -1.32. The topological polar surface area (TPSA) is 105 Å². The molecule has 2 rings (SSSR count). The molecule has 7 heteroatoms. The quantitative estimate of drug-likeness (QED) is 0.643. The van der Waals surface area contributed by atoms with E-state index in [1.54, 1.807) is 31.2 Å². The van der Waals surface area contributed by atoms with Crippen LogP contribution in [0.1, 0.15) is 25.5 Å². The van der Waals surface area contributed by atoms with Crippen LogP contribution in [0.15, 0.2) is 30.3 Å². The Morgan fingerprint density at radius 2 is 1.92 bits per heavy atom. The zero-order valence-electron chi connectivity index (χ0n) is 13.7. The molecular formula is C17H24O7. The smallest absolute Gasteiger partial charge is 0.302 e. The first-order valence-electron chi connectivity index (χ1n) is 7.95. The molecule has 0 saturated carbocycles. The average Bonchev–Trinajstić information content (AvgIpc) is 2.57. The maximum atomic E-state index is 10.9. The van der Waals surface area contributed by atoms with Crippen molar-refractivity contribution in [3.63, 3.8) is 0 Å². The van der Waals surface area contributed by atoms with Gasteiger partial charge in [-0.25, -0.2) is 0 Å². The summed E-state index contributed by atoms with van der Waals surface area (Å²) in [6, 6.07) is 8.79. The molecule has 7 nitrogen and oxygen atoms in total. The molecule has 0 aliphatic carbocycles. The van der Waals surface area contributed by atoms with Gasteiger partial charge in [0.2, 0.25) is 0 Å². The monoisotopic (exact) mass is 340 g/mol. The van der Waals surface area contributed by atoms with Gasteiger partial charge in [-0.15, -0.1) is 0 Å². The summed E-state index contributed by atoms with van der Waals surface area (Å²) in [5.74, 6) is -1.39. The summed E-state index contributed by atoms with van der Waals surface area (Å²) < 4.78 is 16.0. The Balaban J connectivity index is 2.18. The van der Waals surface area contributed by atoms with Gasteiger partial charge >= 0.3 is 5.97 Å². The number of carbonyl (C=O) groups is 1. The molecule has 3 N–H and O–H groups in total. The highest BCUT2D eigenvalue weighted by atomic mass is 16.7. The van der Waals surface area contributed by atoms with Crippen LogP contribution in [0.5, 0.6) is 0 Å². The zero-order valence-corrected chi connectivity index (χ0v) is 13.7. The highest BCUT2D eigenvalue weighted by Crippen LogP contribution is 2.36. The number of carbonyl (C=O) groups excluding carboxylic acids is 1. The molecule has 1 saturated heterocycles. The van der Waals surface area contributed by atoms with E-state index in [0.29, 0.717) is 12.2 Å². The van der Waals surface area contributed by atoms with Crippen molar-refractivity contribution in [3.8, 4) is 0 Å². The predicted molar refractivity (Wildman–Crippen MR) is 83.8 cm³/mol. The molecule has 1 heterocycles. The van der Waals surface area contributed by atoms with Gasteiger partial charge in [-0.05, 0) is 12.5 Å². The summed E-state index contributed by atoms with van der Waals surface area (Å²) in [7, 11) is 0. The number of aliphatic hydroxyl groups is 3. The Morgan fingerprint density at radius 1 is 1.25 bits per heavy atom. The van der Waals surface area contributed by atoms with Crippen LogP contribution in [0, 0.1) is 5.92 Å². The van der Waals surface area contributed by atoms with Crippen LogP contribution in [0.4, 0.5) is 0 Å². The first-order chi connectivity index (χ1) is 11.5. The van der Waals surface area contributed by atoms with Crippen LogP contribution in [0.2, 0.25) is 0 Å². The summed E-state index contributed by atoms with van der Waals surface area (Å²) in [6.07, 6.45) is -5.57. The number of ether oxygens (including phenoxy) is 3. The third-order valence-electron chi connectivity index (χ3n) is 4.04. The molecule has 1 aromatic carbocycles. The largest absolute Gasteiger partial charge is 0.463 e. The van der Waals surface area contributed by atoms with Gasteiger partial charge in [0.1, 0.15) is 18.8 Å². The minimum absolute atomic E-state index is 0.203. The number of esters is 1. The number of hydrogen-bond donors (Lipinski definition) is 3. The van der Waals surface area contributed by atoms with Crippen molar-refractivity contribution in [2.45, 2.75) is 44.6 Å². The van der Waals surface area contributed by atoms with Crippen molar-refractivity contribution in [1.82, 2.24) is 0 Å². The number of hydrogen-bond acceptors (Lipinski definition) is 7. The fraction of sp³-hybridized carbons (Fsp3) is 0.588. The molecule has 134 valence electrons. The second kappa shape index (κ2) is 8.55. The maximum absolute atomic E-state index is 10.9. The van der Waals surface area contributed by atoms with Crippen LogP contribution in [0.25, 0.3) is 0 Å². The summed E-state index contributed by atoms with van der Waals surface area (Å²) in [5.41, 5.74) is 0.584. The molecule has 1 aliphatic heterocycles. The van der Waals surface area contributed by atoms with Gasteiger partial charge in [0.05, 0.1) is 18.1 Å². The van der Waals surface area contributed by atoms with Gasteiger partial charge < -0.3 is 29.5 Å². The van der Waals surface area contributed by atoms with Gasteiger partial charge in [0.15, 0.2) is 6.29 Å². The Bertz CT molecular complexity index is 521. The van der Waals surface area contributed by atoms with E-state index in [9.17, 15) is 20.1 Å². The Morgan fingerprint density at radius 3 is 2.50 bits per heavy atom. The lowest BCUT2D eigenvalue weighted by molar-refractivity contribution is -0.300. The minimum Gasteiger partial charge on any atom is -0.463 e. The van der Waals surface area contributed by atoms with E-state index in [0.717, 1.165) is 0 Å². The van der Waals surface area contributed by atoms with Gasteiger partial charge in [-0.3, -0.25) is 4.79 Å². The van der Waals surface area contributed by atoms with Gasteiger partial charge in [0, 0.05) is 13.5 Å². The highest BCUT2D eigenvalue weighted by molar-refractivity contribution is 5.65. The molecule has 6 atom stereocenters. The highest BCUT2D eigenvalue weighted by Gasteiger charge is 2.48. The van der Waals surface area contributed by atoms with Crippen LogP contribution in [-0.4, -0.2) is 59.1 Å². The van der Waals surface area contributed by atoms with Crippen molar-refractivity contribution in [2.24, 2.45) is 5.92 Å². The van der Waals surface area contributed by atoms with E-state index in [-0.39, 0.29) is 6.61 Å². The van der Waals surface area contributed by atoms with Gasteiger partial charge in [-0.2, -0.15) is 0 Å². The molecule has 1 aliphatic rings. The van der Waals surface area contributed by atoms with E-state index in [2.05, 4.69) is 0 Å². The molecule has 0 bridgehead atoms. The van der Waals surface area contributed by atoms with E-state index in [1.165, 1.54) is 6.92 Å². The SMILES string of the molecule is CCO[C@H]1O[C@H](COC(C)=O)[C@@H](O)[C@@H](O)[C@@H]1[C@@H](O)c1ccccc1. The lowest BCUT2D eigenvalue weighted by Crippen LogP contribution is -2.58. The molecule has 0 aromatic heterocycles. The van der Waals surface area contributed by atoms with Crippen molar-refractivity contribution in [1.29, 1.82) is 0 Å². The number of rotatable bonds is 6. The maximum Gasteiger partial charge on any atom is 0.302 e. The summed E-state index contributed by atoms with van der Waals surface area (Å²) in [5, 5.41) is 31.4. The van der Waals surface area contributed by atoms with Crippen molar-refractivity contribution >= 4 is 5.97 Å². The molecule has 1 aromatic rings. The van der Waals surface area contributed by atoms with Crippen molar-refractivity contribution < 1.29 is 34.3 Å². The average molecular weight is 340 g/mol. The van der Waals surface area contributed by atoms with Crippen LogP contribution in [-0.2, 0) is 19.0 Å². The van der Waals surface area contributed by atoms with E-state index < -0.39 is 42.6 Å². The fourth-order valence-corrected chi connectivity index (χ4v) is 2.81. The van der Waals surface area contributed by atoms with E-state index in [4.69, 9.17) is 14.2 Å². The van der Waals surface area contributed by atoms with Crippen molar-refractivity contribution in [3.05, 3.63) is 35.9 Å². The van der Waals surface area contributed by atoms with Crippen LogP contribution >= 0.6 is 0 Å². The number of aliphatic hydroxyl groups excluding tert-OH is 3. The third kappa shape index (κ3) is 4.31. The molecule has 0 unspecified atom stereocenters. The Kier molecular flexibility index (Phi) is 6.70. The Labute approximate surface area is 140 Å². The van der Waals surface area contributed by atoms with Crippen LogP contribution < -0.4 is 0 Å². The van der Waals surface area contributed by atoms with Crippen molar-refractivity contribution in [2.75, 3.05) is 13.2 Å². The van der Waals surface area contributed by atoms with E-state index >= 15 is 0 Å². The standard InChI is InChI=1S/C17H24O7/c1-3-22-17-13(14(19)11-7-5-4-6-8-11)16(21)15(20)12(24-17)9-23-10(2)18/h4-8,12-17,19-21H,3,9H2,1-2H3/t12-,13+,14+,15-,16+,17+/m1/s1. The third-order valence-corrected chi connectivity index (χ3v) is 4.04. The fourth-order valence-electron chi connectivity index (χ4n) is 2.81. The summed E-state index contributed by atoms with van der Waals surface area (Å²) in [6.45, 7) is 3.10. The zero-order chi connectivity index (χ0) is 17.7. The summed E-state index contributed by atoms with van der Waals surface area (Å²) in [4.78, 5) is 10.9. The molecule has 0 spiro atoms. The van der Waals surface area contributed by atoms with Gasteiger partial charge in [0.25, 0.3) is 0 Å². The molecule has 0 amide bonds. The Hall–Kier alpha value is -1.51. The second-order valence-corrected chi connectivity index (χ2v) is 5.71. The number of benzene rings is 1. The van der Waals surface area contributed by atoms with E-state index in [1.807, 2.05) is 6.07 Å². The normalized spacial score (nSPS) is 31.5. The molecular weight excluding hydrogens is 316 g/mol. The molecule has 1 fully saturated rings. The molecule has 24 heavy (non-hydrogen) atoms. The first-order valence-corrected chi connectivity index (χ1v) is 7.95.